The van der Waals surface area contributed by atoms with E-state index in [1.54, 1.807) is 0 Å². The van der Waals surface area contributed by atoms with Gasteiger partial charge in [-0.1, -0.05) is 5.16 Å². The minimum Gasteiger partial charge on any atom is -0.393 e. The highest BCUT2D eigenvalue weighted by atomic mass is 16.5. The third kappa shape index (κ3) is 2.96. The quantitative estimate of drug-likeness (QED) is 0.865. The monoisotopic (exact) mass is 267 g/mol. The van der Waals surface area contributed by atoms with Crippen molar-refractivity contribution in [2.45, 2.75) is 43.8 Å². The molecular formula is C13H21N3O3. The zero-order valence-corrected chi connectivity index (χ0v) is 11.3. The Morgan fingerprint density at radius 1 is 1.26 bits per heavy atom. The van der Waals surface area contributed by atoms with Crippen LogP contribution in [0.5, 0.6) is 0 Å². The fourth-order valence-electron chi connectivity index (χ4n) is 2.80. The first-order chi connectivity index (χ1) is 9.22. The summed E-state index contributed by atoms with van der Waals surface area (Å²) in [6.07, 6.45) is 3.26. The van der Waals surface area contributed by atoms with Gasteiger partial charge in [-0.25, -0.2) is 0 Å². The van der Waals surface area contributed by atoms with Crippen molar-refractivity contribution >= 4 is 0 Å². The van der Waals surface area contributed by atoms with E-state index in [-0.39, 0.29) is 12.2 Å². The number of nitrogens with zero attached hydrogens (tertiary/aromatic N) is 3. The highest BCUT2D eigenvalue weighted by Gasteiger charge is 2.28. The molecule has 0 radical (unpaired) electrons. The van der Waals surface area contributed by atoms with E-state index in [9.17, 15) is 5.11 Å². The zero-order chi connectivity index (χ0) is 13.2. The number of rotatable bonds is 2. The largest absolute Gasteiger partial charge is 0.393 e. The predicted octanol–water partition coefficient (Wildman–Crippen LogP) is 1.09. The molecule has 3 rings (SSSR count). The lowest BCUT2D eigenvalue weighted by atomic mass is 9.87. The molecule has 19 heavy (non-hydrogen) atoms. The van der Waals surface area contributed by atoms with E-state index in [4.69, 9.17) is 9.26 Å². The average molecular weight is 267 g/mol. The summed E-state index contributed by atoms with van der Waals surface area (Å²) in [6, 6.07) is 0. The molecule has 1 saturated carbocycles. The second kappa shape index (κ2) is 5.56. The topological polar surface area (TPSA) is 71.6 Å². The summed E-state index contributed by atoms with van der Waals surface area (Å²) in [5.74, 6) is 1.66. The summed E-state index contributed by atoms with van der Waals surface area (Å²) in [6.45, 7) is 2.46. The third-order valence-corrected chi connectivity index (χ3v) is 4.06. The Morgan fingerprint density at radius 3 is 2.79 bits per heavy atom. The van der Waals surface area contributed by atoms with Gasteiger partial charge in [0.1, 0.15) is 6.10 Å². The molecule has 1 aromatic heterocycles. The number of aliphatic hydroxyl groups is 1. The van der Waals surface area contributed by atoms with Gasteiger partial charge in [0, 0.05) is 19.0 Å². The number of ether oxygens (including phenoxy) is 1. The first-order valence-electron chi connectivity index (χ1n) is 7.04. The van der Waals surface area contributed by atoms with Gasteiger partial charge in [-0.2, -0.15) is 4.98 Å². The lowest BCUT2D eigenvalue weighted by Crippen LogP contribution is -2.35. The van der Waals surface area contributed by atoms with Crippen LogP contribution in [0.15, 0.2) is 4.52 Å². The Balaban J connectivity index is 1.65. The van der Waals surface area contributed by atoms with Gasteiger partial charge < -0.3 is 19.3 Å². The minimum atomic E-state index is -0.158. The van der Waals surface area contributed by atoms with Gasteiger partial charge in [0.05, 0.1) is 12.7 Å². The molecular weight excluding hydrogens is 246 g/mol. The van der Waals surface area contributed by atoms with Crippen LogP contribution in [-0.2, 0) is 4.74 Å². The summed E-state index contributed by atoms with van der Waals surface area (Å²) >= 11 is 0. The van der Waals surface area contributed by atoms with Crippen molar-refractivity contribution in [1.82, 2.24) is 15.0 Å². The number of aromatic nitrogens is 2. The summed E-state index contributed by atoms with van der Waals surface area (Å²) in [5.41, 5.74) is 0. The summed E-state index contributed by atoms with van der Waals surface area (Å²) in [5, 5.41) is 13.6. The Labute approximate surface area is 112 Å². The van der Waals surface area contributed by atoms with Gasteiger partial charge >= 0.3 is 0 Å². The van der Waals surface area contributed by atoms with Crippen LogP contribution >= 0.6 is 0 Å². The molecule has 2 fully saturated rings. The Kier molecular flexibility index (Phi) is 3.81. The van der Waals surface area contributed by atoms with Crippen LogP contribution in [0.2, 0.25) is 0 Å². The Hall–Kier alpha value is -0.980. The number of aliphatic hydroxyl groups excluding tert-OH is 1. The standard InChI is InChI=1S/C13H21N3O3/c1-16-6-7-18-11(8-16)12-14-13(19-15-12)9-2-4-10(17)5-3-9/h9-11,17H,2-8H2,1H3. The first-order valence-corrected chi connectivity index (χ1v) is 7.04. The molecule has 6 heteroatoms. The van der Waals surface area contributed by atoms with Crippen molar-refractivity contribution in [3.63, 3.8) is 0 Å². The van der Waals surface area contributed by atoms with Crippen molar-refractivity contribution in [3.05, 3.63) is 11.7 Å². The second-order valence-corrected chi connectivity index (χ2v) is 5.62. The number of morpholine rings is 1. The number of hydrogen-bond donors (Lipinski definition) is 1. The molecule has 1 aliphatic carbocycles. The smallest absolute Gasteiger partial charge is 0.229 e. The van der Waals surface area contributed by atoms with E-state index in [1.807, 2.05) is 0 Å². The SMILES string of the molecule is CN1CCOC(c2noc(C3CCC(O)CC3)n2)C1. The van der Waals surface area contributed by atoms with E-state index >= 15 is 0 Å². The van der Waals surface area contributed by atoms with Crippen molar-refractivity contribution in [2.24, 2.45) is 0 Å². The van der Waals surface area contributed by atoms with Crippen LogP contribution in [0.3, 0.4) is 0 Å². The van der Waals surface area contributed by atoms with E-state index in [1.165, 1.54) is 0 Å². The molecule has 0 aromatic carbocycles. The molecule has 6 nitrogen and oxygen atoms in total. The zero-order valence-electron chi connectivity index (χ0n) is 11.3. The van der Waals surface area contributed by atoms with Crippen LogP contribution in [-0.4, -0.2) is 53.0 Å². The molecule has 2 aliphatic rings. The van der Waals surface area contributed by atoms with Crippen LogP contribution in [0.1, 0.15) is 49.4 Å². The van der Waals surface area contributed by atoms with Crippen LogP contribution in [0.4, 0.5) is 0 Å². The fraction of sp³-hybridized carbons (Fsp3) is 0.846. The van der Waals surface area contributed by atoms with Gasteiger partial charge in [-0.3, -0.25) is 0 Å². The maximum atomic E-state index is 9.52. The highest BCUT2D eigenvalue weighted by molar-refractivity contribution is 4.99. The van der Waals surface area contributed by atoms with Gasteiger partial charge in [0.15, 0.2) is 0 Å². The van der Waals surface area contributed by atoms with Crippen molar-refractivity contribution in [3.8, 4) is 0 Å². The van der Waals surface area contributed by atoms with Gasteiger partial charge in [-0.05, 0) is 32.7 Å². The number of hydrogen-bond acceptors (Lipinski definition) is 6. The van der Waals surface area contributed by atoms with Gasteiger partial charge in [-0.15, -0.1) is 0 Å². The number of likely N-dealkylation sites (N-methyl/N-ethyl adjacent to an activating group) is 1. The third-order valence-electron chi connectivity index (χ3n) is 4.06. The molecule has 1 unspecified atom stereocenters. The predicted molar refractivity (Wildman–Crippen MR) is 67.7 cm³/mol. The van der Waals surface area contributed by atoms with E-state index < -0.39 is 0 Å². The molecule has 1 aromatic rings. The Bertz CT molecular complexity index is 415. The molecule has 0 spiro atoms. The van der Waals surface area contributed by atoms with Crippen LogP contribution < -0.4 is 0 Å². The minimum absolute atomic E-state index is 0.0783. The Morgan fingerprint density at radius 2 is 2.05 bits per heavy atom. The maximum Gasteiger partial charge on any atom is 0.229 e. The summed E-state index contributed by atoms with van der Waals surface area (Å²) < 4.78 is 11.1. The van der Waals surface area contributed by atoms with Crippen molar-refractivity contribution < 1.29 is 14.4 Å². The molecule has 1 N–H and O–H groups in total. The van der Waals surface area contributed by atoms with E-state index in [0.29, 0.717) is 24.2 Å². The highest BCUT2D eigenvalue weighted by Crippen LogP contribution is 2.32. The van der Waals surface area contributed by atoms with Crippen LogP contribution in [0, 0.1) is 0 Å². The second-order valence-electron chi connectivity index (χ2n) is 5.62. The average Bonchev–Trinajstić information content (AvgIpc) is 2.89. The molecule has 0 bridgehead atoms. The lowest BCUT2D eigenvalue weighted by molar-refractivity contribution is -0.0264. The molecule has 1 atom stereocenters. The molecule has 0 amide bonds. The van der Waals surface area contributed by atoms with Gasteiger partial charge in [0.2, 0.25) is 11.7 Å². The van der Waals surface area contributed by atoms with Gasteiger partial charge in [0.25, 0.3) is 0 Å². The molecule has 1 aliphatic heterocycles. The van der Waals surface area contributed by atoms with Crippen LogP contribution in [0.25, 0.3) is 0 Å². The molecule has 2 heterocycles. The fourth-order valence-corrected chi connectivity index (χ4v) is 2.80. The van der Waals surface area contributed by atoms with E-state index in [2.05, 4.69) is 22.1 Å². The maximum absolute atomic E-state index is 9.52. The van der Waals surface area contributed by atoms with Crippen molar-refractivity contribution in [1.29, 1.82) is 0 Å². The summed E-state index contributed by atoms with van der Waals surface area (Å²) in [4.78, 5) is 6.72. The summed E-state index contributed by atoms with van der Waals surface area (Å²) in [7, 11) is 2.07. The molecule has 1 saturated heterocycles. The van der Waals surface area contributed by atoms with Crippen molar-refractivity contribution in [2.75, 3.05) is 26.7 Å². The van der Waals surface area contributed by atoms with E-state index in [0.717, 1.165) is 38.8 Å². The lowest BCUT2D eigenvalue weighted by Gasteiger charge is -2.27. The first kappa shape index (κ1) is 13.0. The normalized spacial score (nSPS) is 33.5. The molecule has 106 valence electrons.